The summed E-state index contributed by atoms with van der Waals surface area (Å²) in [6.07, 6.45) is 7.99. The number of ether oxygens (including phenoxy) is 2. The van der Waals surface area contributed by atoms with Crippen molar-refractivity contribution in [3.63, 3.8) is 0 Å². The van der Waals surface area contributed by atoms with Crippen LogP contribution in [0.3, 0.4) is 0 Å². The molecule has 2 N–H and O–H groups in total. The van der Waals surface area contributed by atoms with E-state index in [-0.39, 0.29) is 23.6 Å². The molecule has 41 heavy (non-hydrogen) atoms. The Kier molecular flexibility index (Phi) is 11.8. The molecule has 2 aliphatic carbocycles. The van der Waals surface area contributed by atoms with Crippen molar-refractivity contribution >= 4 is 17.7 Å². The summed E-state index contributed by atoms with van der Waals surface area (Å²) < 4.78 is 11.5. The van der Waals surface area contributed by atoms with Crippen molar-refractivity contribution in [3.05, 3.63) is 34.9 Å². The minimum absolute atomic E-state index is 0.0176. The number of aliphatic hydroxyl groups excluding tert-OH is 2. The maximum absolute atomic E-state index is 12.6. The van der Waals surface area contributed by atoms with Crippen molar-refractivity contribution in [1.29, 1.82) is 0 Å². The van der Waals surface area contributed by atoms with Crippen LogP contribution in [-0.4, -0.2) is 51.8 Å². The summed E-state index contributed by atoms with van der Waals surface area (Å²) in [5, 5.41) is 21.6. The first-order valence-corrected chi connectivity index (χ1v) is 15.1. The maximum atomic E-state index is 12.6. The van der Waals surface area contributed by atoms with Gasteiger partial charge in [0, 0.05) is 31.6 Å². The Balaban J connectivity index is 2.11. The van der Waals surface area contributed by atoms with E-state index in [1.165, 1.54) is 13.8 Å². The number of Topliss-reactive ketones (excluding diaryl/α,β-unsaturated/α-hetero) is 1. The molecule has 0 spiro atoms. The number of esters is 2. The molecule has 0 bridgehead atoms. The quantitative estimate of drug-likeness (QED) is 0.217. The molecule has 2 aliphatic rings. The van der Waals surface area contributed by atoms with Gasteiger partial charge in [-0.25, -0.2) is 0 Å². The van der Waals surface area contributed by atoms with E-state index in [0.717, 1.165) is 29.6 Å². The molecule has 1 fully saturated rings. The number of carbonyl (C=O) groups is 3. The molecule has 232 valence electrons. The lowest BCUT2D eigenvalue weighted by Crippen LogP contribution is -2.55. The third-order valence-electron chi connectivity index (χ3n) is 9.79. The van der Waals surface area contributed by atoms with Gasteiger partial charge in [0.05, 0.1) is 12.2 Å². The molecule has 0 radical (unpaired) electrons. The van der Waals surface area contributed by atoms with Crippen molar-refractivity contribution in [2.24, 2.45) is 22.7 Å². The predicted molar refractivity (Wildman–Crippen MR) is 161 cm³/mol. The van der Waals surface area contributed by atoms with Crippen LogP contribution in [-0.2, 0) is 23.9 Å². The topological polar surface area (TPSA) is 110 Å². The average molecular weight is 575 g/mol. The number of hydrogen-bond acceptors (Lipinski definition) is 7. The first-order chi connectivity index (χ1) is 18.8. The predicted octanol–water partition coefficient (Wildman–Crippen LogP) is 6.41. The minimum Gasteiger partial charge on any atom is -0.459 e. The van der Waals surface area contributed by atoms with Crippen LogP contribution in [0.25, 0.3) is 0 Å². The molecular weight excluding hydrogens is 520 g/mol. The molecule has 7 nitrogen and oxygen atoms in total. The highest BCUT2D eigenvalue weighted by atomic mass is 16.6. The van der Waals surface area contributed by atoms with Crippen molar-refractivity contribution < 1.29 is 34.1 Å². The van der Waals surface area contributed by atoms with Crippen LogP contribution in [0.2, 0.25) is 0 Å². The van der Waals surface area contributed by atoms with E-state index in [0.29, 0.717) is 32.1 Å². The lowest BCUT2D eigenvalue weighted by Gasteiger charge is -2.52. The minimum atomic E-state index is -0.764. The van der Waals surface area contributed by atoms with Gasteiger partial charge in [0.1, 0.15) is 17.5 Å². The average Bonchev–Trinajstić information content (AvgIpc) is 2.84. The van der Waals surface area contributed by atoms with Gasteiger partial charge in [-0.3, -0.25) is 14.4 Å². The summed E-state index contributed by atoms with van der Waals surface area (Å²) in [5.74, 6) is -0.603. The number of rotatable bonds is 11. The van der Waals surface area contributed by atoms with Crippen molar-refractivity contribution in [3.8, 4) is 0 Å². The molecule has 1 saturated carbocycles. The van der Waals surface area contributed by atoms with Crippen molar-refractivity contribution in [2.45, 2.75) is 138 Å². The molecule has 0 aromatic carbocycles. The van der Waals surface area contributed by atoms with Gasteiger partial charge < -0.3 is 19.7 Å². The molecule has 0 aromatic heterocycles. The molecule has 0 heterocycles. The van der Waals surface area contributed by atoms with Gasteiger partial charge in [0.15, 0.2) is 0 Å². The molecular formula is C34H54O7. The highest BCUT2D eigenvalue weighted by Crippen LogP contribution is 2.50. The van der Waals surface area contributed by atoms with Crippen LogP contribution < -0.4 is 0 Å². The van der Waals surface area contributed by atoms with Gasteiger partial charge in [-0.15, -0.1) is 0 Å². The fourth-order valence-electron chi connectivity index (χ4n) is 7.04. The van der Waals surface area contributed by atoms with Crippen LogP contribution in [0.4, 0.5) is 0 Å². The summed E-state index contributed by atoms with van der Waals surface area (Å²) in [4.78, 5) is 36.4. The van der Waals surface area contributed by atoms with Gasteiger partial charge in [-0.05, 0) is 83.1 Å². The standard InChI is InChI=1S/C34H54O7/c1-21(12-15-29-33(8,9)31(39)17-18-34(29,10)41-25(5)36)11-14-26(37)19-23(3)28(40-24(4)35)20-27-22(2)13-16-30(38)32(27,6)7/h11,13,19,26-29,31,37,39H,12,14-18,20H2,1-10H3/t26-,27-,28+,29+,31+,34+/m1/s1. The Labute approximate surface area is 247 Å². The highest BCUT2D eigenvalue weighted by Gasteiger charge is 2.52. The van der Waals surface area contributed by atoms with E-state index >= 15 is 0 Å². The molecule has 0 unspecified atom stereocenters. The molecule has 2 rings (SSSR count). The van der Waals surface area contributed by atoms with E-state index in [1.807, 2.05) is 67.5 Å². The number of aliphatic hydroxyl groups is 2. The van der Waals surface area contributed by atoms with E-state index < -0.39 is 40.7 Å². The first kappa shape index (κ1) is 34.9. The van der Waals surface area contributed by atoms with E-state index in [1.54, 1.807) is 6.08 Å². The van der Waals surface area contributed by atoms with Gasteiger partial charge in [-0.1, -0.05) is 57.1 Å². The Hall–Kier alpha value is -2.25. The summed E-state index contributed by atoms with van der Waals surface area (Å²) in [6.45, 7) is 18.7. The van der Waals surface area contributed by atoms with Crippen LogP contribution in [0.5, 0.6) is 0 Å². The molecule has 0 aromatic rings. The summed E-state index contributed by atoms with van der Waals surface area (Å²) >= 11 is 0. The number of carbonyl (C=O) groups excluding carboxylic acids is 3. The summed E-state index contributed by atoms with van der Waals surface area (Å²) in [5.41, 5.74) is 1.40. The van der Waals surface area contributed by atoms with Crippen molar-refractivity contribution in [2.75, 3.05) is 0 Å². The van der Waals surface area contributed by atoms with Crippen molar-refractivity contribution in [1.82, 2.24) is 0 Å². The SMILES string of the molecule is CC(=O)O[C@@H](C[C@@H]1C(C)=CCC(=O)C1(C)C)C(C)=C[C@H](O)CC=C(C)CC[C@H]1C(C)(C)[C@@H](O)CC[C@]1(C)OC(C)=O. The lowest BCUT2D eigenvalue weighted by molar-refractivity contribution is -0.188. The normalized spacial score (nSPS) is 29.8. The second kappa shape index (κ2) is 13.8. The maximum Gasteiger partial charge on any atom is 0.303 e. The fraction of sp³-hybridized carbons (Fsp3) is 0.735. The zero-order valence-electron chi connectivity index (χ0n) is 27.0. The zero-order valence-corrected chi connectivity index (χ0v) is 27.0. The monoisotopic (exact) mass is 574 g/mol. The molecule has 7 heteroatoms. The smallest absolute Gasteiger partial charge is 0.303 e. The van der Waals surface area contributed by atoms with E-state index in [2.05, 4.69) is 0 Å². The summed E-state index contributed by atoms with van der Waals surface area (Å²) in [7, 11) is 0. The first-order valence-electron chi connectivity index (χ1n) is 15.1. The number of ketones is 1. The molecule has 0 saturated heterocycles. The molecule has 0 aliphatic heterocycles. The fourth-order valence-corrected chi connectivity index (χ4v) is 7.04. The van der Waals surface area contributed by atoms with E-state index in [4.69, 9.17) is 9.47 Å². The second-order valence-electron chi connectivity index (χ2n) is 13.8. The van der Waals surface area contributed by atoms with Gasteiger partial charge in [0.2, 0.25) is 0 Å². The highest BCUT2D eigenvalue weighted by molar-refractivity contribution is 5.87. The third kappa shape index (κ3) is 8.87. The lowest BCUT2D eigenvalue weighted by atomic mass is 9.58. The zero-order chi connectivity index (χ0) is 31.3. The second-order valence-corrected chi connectivity index (χ2v) is 13.8. The molecule has 0 amide bonds. The van der Waals surface area contributed by atoms with Gasteiger partial charge >= 0.3 is 11.9 Å². The Morgan fingerprint density at radius 1 is 1.10 bits per heavy atom. The Morgan fingerprint density at radius 3 is 2.32 bits per heavy atom. The largest absolute Gasteiger partial charge is 0.459 e. The Bertz CT molecular complexity index is 1060. The Morgan fingerprint density at radius 2 is 1.73 bits per heavy atom. The summed E-state index contributed by atoms with van der Waals surface area (Å²) in [6, 6.07) is 0. The van der Waals surface area contributed by atoms with E-state index in [9.17, 15) is 24.6 Å². The number of hydrogen-bond donors (Lipinski definition) is 2. The van der Waals surface area contributed by atoms with Gasteiger partial charge in [0.25, 0.3) is 0 Å². The van der Waals surface area contributed by atoms with Crippen LogP contribution in [0, 0.1) is 22.7 Å². The molecule has 6 atom stereocenters. The van der Waals surface area contributed by atoms with Crippen LogP contribution in [0.1, 0.15) is 114 Å². The van der Waals surface area contributed by atoms with Gasteiger partial charge in [-0.2, -0.15) is 0 Å². The van der Waals surface area contributed by atoms with Crippen LogP contribution >= 0.6 is 0 Å². The third-order valence-corrected chi connectivity index (χ3v) is 9.79. The number of allylic oxidation sites excluding steroid dienone is 3. The van der Waals surface area contributed by atoms with Crippen LogP contribution in [0.15, 0.2) is 34.9 Å².